The molecule has 0 saturated carbocycles. The fourth-order valence-electron chi connectivity index (χ4n) is 6.88. The van der Waals surface area contributed by atoms with Crippen molar-refractivity contribution < 1.29 is 0 Å². The van der Waals surface area contributed by atoms with Crippen molar-refractivity contribution in [3.05, 3.63) is 194 Å². The minimum absolute atomic E-state index is 0.272. The molecule has 0 atom stereocenters. The van der Waals surface area contributed by atoms with Gasteiger partial charge in [-0.25, -0.2) is 0 Å². The van der Waals surface area contributed by atoms with Crippen LogP contribution in [0, 0.1) is 0 Å². The summed E-state index contributed by atoms with van der Waals surface area (Å²) in [7, 11) is 0. The van der Waals surface area contributed by atoms with Crippen LogP contribution >= 0.6 is 0 Å². The molecular formula is C46H32N2Se. The molecule has 0 aliphatic heterocycles. The summed E-state index contributed by atoms with van der Waals surface area (Å²) in [6, 6.07) is 70.1. The Morgan fingerprint density at radius 3 is 1.51 bits per heavy atom. The van der Waals surface area contributed by atoms with Crippen molar-refractivity contribution >= 4 is 78.7 Å². The molecule has 1 aromatic heterocycles. The molecule has 9 aromatic rings. The van der Waals surface area contributed by atoms with E-state index in [1.807, 2.05) is 0 Å². The molecule has 0 N–H and O–H groups in total. The van der Waals surface area contributed by atoms with Gasteiger partial charge in [-0.3, -0.25) is 0 Å². The van der Waals surface area contributed by atoms with Crippen molar-refractivity contribution in [1.82, 2.24) is 0 Å². The van der Waals surface area contributed by atoms with Crippen molar-refractivity contribution in [3.8, 4) is 11.1 Å². The standard InChI is InChI=1S/C46H32N2Se/c1-4-13-33(14-5-1)34-23-26-38(27-24-34)47(36-16-6-2-7-17-36)39-20-12-21-40(31-39)48(37-18-8-3-9-19-37)41-28-30-45-44(32-41)43-29-25-35-15-10-11-22-42(35)46(43)49-45/h1-32H. The van der Waals surface area contributed by atoms with Crippen LogP contribution in [0.25, 0.3) is 41.2 Å². The number of para-hydroxylation sites is 2. The van der Waals surface area contributed by atoms with Gasteiger partial charge >= 0.3 is 246 Å². The number of anilines is 6. The van der Waals surface area contributed by atoms with E-state index < -0.39 is 0 Å². The molecule has 0 unspecified atom stereocenters. The molecule has 0 fully saturated rings. The molecule has 3 heteroatoms. The van der Waals surface area contributed by atoms with Crippen LogP contribution in [0.2, 0.25) is 0 Å². The topological polar surface area (TPSA) is 6.48 Å². The van der Waals surface area contributed by atoms with E-state index >= 15 is 0 Å². The second-order valence-electron chi connectivity index (χ2n) is 12.2. The first-order valence-corrected chi connectivity index (χ1v) is 18.3. The zero-order valence-electron chi connectivity index (χ0n) is 26.8. The second-order valence-corrected chi connectivity index (χ2v) is 14.4. The van der Waals surface area contributed by atoms with Crippen LogP contribution in [0.5, 0.6) is 0 Å². The maximum absolute atomic E-state index is 2.40. The molecule has 1 heterocycles. The van der Waals surface area contributed by atoms with Crippen LogP contribution in [0.3, 0.4) is 0 Å². The summed E-state index contributed by atoms with van der Waals surface area (Å²) >= 11 is 0.272. The van der Waals surface area contributed by atoms with E-state index in [0.29, 0.717) is 0 Å². The van der Waals surface area contributed by atoms with Crippen LogP contribution in [0.4, 0.5) is 34.1 Å². The van der Waals surface area contributed by atoms with E-state index in [2.05, 4.69) is 204 Å². The Balaban J connectivity index is 1.18. The molecule has 8 aromatic carbocycles. The van der Waals surface area contributed by atoms with E-state index in [0.717, 1.165) is 34.1 Å². The SMILES string of the molecule is c1ccc(-c2ccc(N(c3ccccc3)c3cccc(N(c4ccccc4)c4ccc5[se]c6c7ccccc7ccc6c5c4)c3)cc2)cc1. The van der Waals surface area contributed by atoms with Gasteiger partial charge in [-0.1, -0.05) is 36.4 Å². The molecule has 2 nitrogen and oxygen atoms in total. The Morgan fingerprint density at radius 1 is 0.306 bits per heavy atom. The fourth-order valence-corrected chi connectivity index (χ4v) is 9.44. The number of fused-ring (bicyclic) bond motifs is 5. The summed E-state index contributed by atoms with van der Waals surface area (Å²) in [6.07, 6.45) is 0. The third-order valence-electron chi connectivity index (χ3n) is 9.21. The Kier molecular flexibility index (Phi) is 7.55. The number of benzene rings is 8. The van der Waals surface area contributed by atoms with Gasteiger partial charge in [0.25, 0.3) is 0 Å². The minimum Gasteiger partial charge on any atom is -0.0617 e. The minimum atomic E-state index is 0.272. The quantitative estimate of drug-likeness (QED) is 0.154. The van der Waals surface area contributed by atoms with Gasteiger partial charge in [0, 0.05) is 0 Å². The van der Waals surface area contributed by atoms with Gasteiger partial charge < -0.3 is 0 Å². The molecule has 0 aliphatic rings. The van der Waals surface area contributed by atoms with Gasteiger partial charge in [0.1, 0.15) is 0 Å². The summed E-state index contributed by atoms with van der Waals surface area (Å²) in [5, 5.41) is 5.41. The number of hydrogen-bond donors (Lipinski definition) is 0. The summed E-state index contributed by atoms with van der Waals surface area (Å²) in [6.45, 7) is 0. The molecular weight excluding hydrogens is 659 g/mol. The molecule has 0 radical (unpaired) electrons. The summed E-state index contributed by atoms with van der Waals surface area (Å²) in [5.41, 5.74) is 9.12. The second kappa shape index (κ2) is 12.6. The van der Waals surface area contributed by atoms with Crippen LogP contribution in [0.1, 0.15) is 0 Å². The zero-order chi connectivity index (χ0) is 32.6. The Hall–Kier alpha value is -5.86. The first-order valence-electron chi connectivity index (χ1n) is 16.6. The number of hydrogen-bond acceptors (Lipinski definition) is 2. The summed E-state index contributed by atoms with van der Waals surface area (Å²) < 4.78 is 2.93. The predicted molar refractivity (Wildman–Crippen MR) is 211 cm³/mol. The van der Waals surface area contributed by atoms with Gasteiger partial charge in [0.2, 0.25) is 0 Å². The van der Waals surface area contributed by atoms with Gasteiger partial charge in [0.05, 0.1) is 0 Å². The molecule has 0 saturated heterocycles. The molecule has 0 bridgehead atoms. The van der Waals surface area contributed by atoms with E-state index in [4.69, 9.17) is 0 Å². The first-order chi connectivity index (χ1) is 24.3. The van der Waals surface area contributed by atoms with Crippen LogP contribution in [0.15, 0.2) is 194 Å². The van der Waals surface area contributed by atoms with Crippen molar-refractivity contribution in [2.24, 2.45) is 0 Å². The van der Waals surface area contributed by atoms with Crippen LogP contribution in [-0.2, 0) is 0 Å². The molecule has 232 valence electrons. The normalized spacial score (nSPS) is 11.3. The fraction of sp³-hybridized carbons (Fsp3) is 0. The van der Waals surface area contributed by atoms with Gasteiger partial charge in [0.15, 0.2) is 0 Å². The molecule has 49 heavy (non-hydrogen) atoms. The Bertz CT molecular complexity index is 2540. The number of rotatable bonds is 7. The average molecular weight is 692 g/mol. The average Bonchev–Trinajstić information content (AvgIpc) is 3.55. The molecule has 0 aliphatic carbocycles. The van der Waals surface area contributed by atoms with E-state index in [-0.39, 0.29) is 14.5 Å². The first kappa shape index (κ1) is 29.3. The van der Waals surface area contributed by atoms with Crippen molar-refractivity contribution in [3.63, 3.8) is 0 Å². The predicted octanol–water partition coefficient (Wildman–Crippen LogP) is 12.8. The van der Waals surface area contributed by atoms with Crippen LogP contribution < -0.4 is 9.80 Å². The van der Waals surface area contributed by atoms with Gasteiger partial charge in [-0.2, -0.15) is 0 Å². The summed E-state index contributed by atoms with van der Waals surface area (Å²) in [4.78, 5) is 4.73. The third kappa shape index (κ3) is 5.50. The van der Waals surface area contributed by atoms with Crippen molar-refractivity contribution in [2.75, 3.05) is 9.80 Å². The van der Waals surface area contributed by atoms with E-state index in [1.165, 1.54) is 41.2 Å². The zero-order valence-corrected chi connectivity index (χ0v) is 28.5. The van der Waals surface area contributed by atoms with Crippen molar-refractivity contribution in [1.29, 1.82) is 0 Å². The van der Waals surface area contributed by atoms with Gasteiger partial charge in [-0.15, -0.1) is 0 Å². The maximum atomic E-state index is 2.40. The molecule has 0 spiro atoms. The molecule has 0 amide bonds. The molecule has 9 rings (SSSR count). The number of nitrogens with zero attached hydrogens (tertiary/aromatic N) is 2. The third-order valence-corrected chi connectivity index (χ3v) is 11.8. The Labute approximate surface area is 292 Å². The van der Waals surface area contributed by atoms with Crippen molar-refractivity contribution in [2.45, 2.75) is 0 Å². The monoisotopic (exact) mass is 692 g/mol. The smallest absolute Gasteiger partial charge is 0.0617 e. The van der Waals surface area contributed by atoms with E-state index in [1.54, 1.807) is 0 Å². The Morgan fingerprint density at radius 2 is 0.816 bits per heavy atom. The van der Waals surface area contributed by atoms with E-state index in [9.17, 15) is 0 Å². The van der Waals surface area contributed by atoms with Gasteiger partial charge in [-0.05, 0) is 11.1 Å². The summed E-state index contributed by atoms with van der Waals surface area (Å²) in [5.74, 6) is 0. The van der Waals surface area contributed by atoms with Crippen LogP contribution in [-0.4, -0.2) is 14.5 Å².